The number of carbonyl (C=O) groups excluding carboxylic acids is 2. The van der Waals surface area contributed by atoms with E-state index in [1.807, 2.05) is 26.0 Å². The summed E-state index contributed by atoms with van der Waals surface area (Å²) in [6.45, 7) is 10.6. The van der Waals surface area contributed by atoms with Crippen LogP contribution in [0.15, 0.2) is 24.3 Å². The molecule has 204 valence electrons. The zero-order valence-corrected chi connectivity index (χ0v) is 22.6. The first-order valence-electron chi connectivity index (χ1n) is 13.6. The lowest BCUT2D eigenvalue weighted by molar-refractivity contribution is 0.0306. The van der Waals surface area contributed by atoms with Crippen LogP contribution in [0.2, 0.25) is 0 Å². The largest absolute Gasteiger partial charge is 0.457 e. The van der Waals surface area contributed by atoms with Gasteiger partial charge in [-0.3, -0.25) is 4.90 Å². The SMILES string of the molecule is CC[C@@H]1CC(NC[C@H](O)c2ccc3c(c2C)COC3=O)[C@H](C)N(C[C@H](O)c2ccc3c(c2C)COC3=O)C1. The predicted octanol–water partition coefficient (Wildman–Crippen LogP) is 3.49. The predicted molar refractivity (Wildman–Crippen MR) is 142 cm³/mol. The highest BCUT2D eigenvalue weighted by Crippen LogP contribution is 2.33. The molecule has 0 aliphatic carbocycles. The van der Waals surface area contributed by atoms with Crippen molar-refractivity contribution in [1.29, 1.82) is 0 Å². The van der Waals surface area contributed by atoms with Gasteiger partial charge in [0.05, 0.1) is 23.3 Å². The highest BCUT2D eigenvalue weighted by atomic mass is 16.5. The molecule has 0 bridgehead atoms. The number of ether oxygens (including phenoxy) is 2. The van der Waals surface area contributed by atoms with Crippen molar-refractivity contribution in [1.82, 2.24) is 10.2 Å². The number of fused-ring (bicyclic) bond motifs is 2. The molecule has 3 aliphatic rings. The molecule has 2 aromatic rings. The Hall–Kier alpha value is -2.78. The van der Waals surface area contributed by atoms with Crippen LogP contribution < -0.4 is 5.32 Å². The molecule has 0 aromatic heterocycles. The lowest BCUT2D eigenvalue weighted by atomic mass is 9.86. The van der Waals surface area contributed by atoms with E-state index in [4.69, 9.17) is 9.47 Å². The first-order chi connectivity index (χ1) is 18.2. The average molecular weight is 523 g/mol. The van der Waals surface area contributed by atoms with Gasteiger partial charge in [0.1, 0.15) is 13.2 Å². The number of likely N-dealkylation sites (tertiary alicyclic amines) is 1. The van der Waals surface area contributed by atoms with Gasteiger partial charge in [0, 0.05) is 42.8 Å². The summed E-state index contributed by atoms with van der Waals surface area (Å²) < 4.78 is 10.3. The fraction of sp³-hybridized carbons (Fsp3) is 0.533. The molecule has 3 N–H and O–H groups in total. The molecule has 1 unspecified atom stereocenters. The number of esters is 2. The van der Waals surface area contributed by atoms with Crippen LogP contribution in [0.4, 0.5) is 0 Å². The van der Waals surface area contributed by atoms with Crippen LogP contribution in [-0.2, 0) is 22.7 Å². The topological polar surface area (TPSA) is 108 Å². The molecule has 38 heavy (non-hydrogen) atoms. The van der Waals surface area contributed by atoms with E-state index < -0.39 is 12.2 Å². The third kappa shape index (κ3) is 4.86. The Balaban J connectivity index is 1.26. The van der Waals surface area contributed by atoms with Crippen LogP contribution in [-0.4, -0.2) is 58.8 Å². The maximum atomic E-state index is 11.9. The Morgan fingerprint density at radius 3 is 2.05 bits per heavy atom. The second kappa shape index (κ2) is 10.8. The van der Waals surface area contributed by atoms with Crippen LogP contribution in [0.5, 0.6) is 0 Å². The number of rotatable bonds is 8. The van der Waals surface area contributed by atoms with Gasteiger partial charge in [-0.15, -0.1) is 0 Å². The van der Waals surface area contributed by atoms with Gasteiger partial charge in [-0.2, -0.15) is 0 Å². The van der Waals surface area contributed by atoms with Gasteiger partial charge in [0.2, 0.25) is 0 Å². The zero-order valence-electron chi connectivity index (χ0n) is 22.6. The van der Waals surface area contributed by atoms with Crippen LogP contribution in [0.25, 0.3) is 0 Å². The second-order valence-electron chi connectivity index (χ2n) is 11.0. The molecular formula is C30H38N2O6. The Bertz CT molecular complexity index is 1240. The number of benzene rings is 2. The van der Waals surface area contributed by atoms with E-state index in [0.717, 1.165) is 52.8 Å². The highest BCUT2D eigenvalue weighted by molar-refractivity contribution is 5.94. The zero-order chi connectivity index (χ0) is 27.1. The molecule has 0 spiro atoms. The molecule has 0 saturated carbocycles. The lowest BCUT2D eigenvalue weighted by Crippen LogP contribution is -2.56. The van der Waals surface area contributed by atoms with Gasteiger partial charge in [-0.1, -0.05) is 25.5 Å². The van der Waals surface area contributed by atoms with Crippen LogP contribution in [0.3, 0.4) is 0 Å². The number of piperidine rings is 1. The third-order valence-electron chi connectivity index (χ3n) is 8.93. The number of aliphatic hydroxyl groups is 2. The standard InChI is InChI=1S/C30H38N2O6/c1-5-19-10-26(31-11-27(33)20-6-8-22-24(16(20)2)14-37-29(22)35)18(4)32(12-19)13-28(34)21-7-9-23-25(17(21)3)15-38-30(23)36/h6-9,18-19,26-28,31,33-34H,5,10-15H2,1-4H3/t18-,19+,26?,27-,28-/m0/s1. The Morgan fingerprint density at radius 2 is 1.50 bits per heavy atom. The molecule has 1 fully saturated rings. The van der Waals surface area contributed by atoms with E-state index in [0.29, 0.717) is 30.1 Å². The molecule has 2 aromatic carbocycles. The van der Waals surface area contributed by atoms with E-state index in [9.17, 15) is 19.8 Å². The summed E-state index contributed by atoms with van der Waals surface area (Å²) in [4.78, 5) is 26.1. The number of hydrogen-bond donors (Lipinski definition) is 3. The monoisotopic (exact) mass is 522 g/mol. The van der Waals surface area contributed by atoms with Crippen molar-refractivity contribution in [3.05, 3.63) is 68.8 Å². The molecule has 0 amide bonds. The Kier molecular flexibility index (Phi) is 7.60. The van der Waals surface area contributed by atoms with Crippen LogP contribution >= 0.6 is 0 Å². The van der Waals surface area contributed by atoms with E-state index >= 15 is 0 Å². The van der Waals surface area contributed by atoms with Gasteiger partial charge in [-0.25, -0.2) is 9.59 Å². The number of nitrogens with one attached hydrogen (secondary N) is 1. The summed E-state index contributed by atoms with van der Waals surface area (Å²) in [5, 5.41) is 25.9. The van der Waals surface area contributed by atoms with Crippen molar-refractivity contribution < 1.29 is 29.3 Å². The fourth-order valence-corrected chi connectivity index (χ4v) is 6.32. The van der Waals surface area contributed by atoms with Crippen molar-refractivity contribution >= 4 is 11.9 Å². The molecule has 0 radical (unpaired) electrons. The number of aliphatic hydroxyl groups excluding tert-OH is 2. The summed E-state index contributed by atoms with van der Waals surface area (Å²) in [6, 6.07) is 7.50. The van der Waals surface area contributed by atoms with Crippen molar-refractivity contribution in [2.75, 3.05) is 19.6 Å². The average Bonchev–Trinajstić information content (AvgIpc) is 3.48. The minimum Gasteiger partial charge on any atom is -0.457 e. The summed E-state index contributed by atoms with van der Waals surface area (Å²) in [5.41, 5.74) is 6.40. The van der Waals surface area contributed by atoms with E-state index in [1.54, 1.807) is 12.1 Å². The molecular weight excluding hydrogens is 484 g/mol. The summed E-state index contributed by atoms with van der Waals surface area (Å²) in [5.74, 6) is -0.124. The Morgan fingerprint density at radius 1 is 0.947 bits per heavy atom. The number of hydrogen-bond acceptors (Lipinski definition) is 8. The van der Waals surface area contributed by atoms with Gasteiger partial charge >= 0.3 is 11.9 Å². The highest BCUT2D eigenvalue weighted by Gasteiger charge is 2.35. The summed E-state index contributed by atoms with van der Waals surface area (Å²) >= 11 is 0. The number of carbonyl (C=O) groups is 2. The quantitative estimate of drug-likeness (QED) is 0.452. The van der Waals surface area contributed by atoms with E-state index in [2.05, 4.69) is 24.1 Å². The van der Waals surface area contributed by atoms with Gasteiger partial charge < -0.3 is 25.0 Å². The molecule has 8 heteroatoms. The molecule has 5 rings (SSSR count). The molecule has 3 heterocycles. The van der Waals surface area contributed by atoms with Crippen molar-refractivity contribution in [3.8, 4) is 0 Å². The minimum atomic E-state index is -0.705. The smallest absolute Gasteiger partial charge is 0.338 e. The fourth-order valence-electron chi connectivity index (χ4n) is 6.32. The van der Waals surface area contributed by atoms with Gasteiger partial charge in [0.15, 0.2) is 0 Å². The summed E-state index contributed by atoms with van der Waals surface area (Å²) in [6.07, 6.45) is 0.650. The van der Waals surface area contributed by atoms with Crippen LogP contribution in [0, 0.1) is 19.8 Å². The number of nitrogens with zero attached hydrogens (tertiary/aromatic N) is 1. The maximum absolute atomic E-state index is 11.9. The number of cyclic esters (lactones) is 2. The van der Waals surface area contributed by atoms with Gasteiger partial charge in [-0.05, 0) is 67.5 Å². The molecule has 3 aliphatic heterocycles. The molecule has 1 saturated heterocycles. The van der Waals surface area contributed by atoms with Gasteiger partial charge in [0.25, 0.3) is 0 Å². The molecule has 8 nitrogen and oxygen atoms in total. The van der Waals surface area contributed by atoms with E-state index in [1.165, 1.54) is 0 Å². The van der Waals surface area contributed by atoms with Crippen molar-refractivity contribution in [3.63, 3.8) is 0 Å². The first-order valence-corrected chi connectivity index (χ1v) is 13.6. The number of β-amino-alcohol motifs (C(OH)–C–C–N with tert-alkyl or cyclic N) is 1. The maximum Gasteiger partial charge on any atom is 0.338 e. The third-order valence-corrected chi connectivity index (χ3v) is 8.93. The van der Waals surface area contributed by atoms with E-state index in [-0.39, 0.29) is 37.2 Å². The Labute approximate surface area is 223 Å². The normalized spacial score (nSPS) is 24.5. The molecule has 5 atom stereocenters. The first kappa shape index (κ1) is 26.8. The minimum absolute atomic E-state index is 0.155. The lowest BCUT2D eigenvalue weighted by Gasteiger charge is -2.44. The van der Waals surface area contributed by atoms with Crippen molar-refractivity contribution in [2.45, 2.75) is 78.0 Å². The van der Waals surface area contributed by atoms with Crippen LogP contribution in [0.1, 0.15) is 93.0 Å². The van der Waals surface area contributed by atoms with Crippen molar-refractivity contribution in [2.24, 2.45) is 5.92 Å². The summed E-state index contributed by atoms with van der Waals surface area (Å²) in [7, 11) is 0. The second-order valence-corrected chi connectivity index (χ2v) is 11.0.